The molecule has 0 aliphatic rings. The first-order valence-corrected chi connectivity index (χ1v) is 4.88. The summed E-state index contributed by atoms with van der Waals surface area (Å²) >= 11 is 0. The highest BCUT2D eigenvalue weighted by molar-refractivity contribution is 5.13. The molecule has 0 saturated heterocycles. The first kappa shape index (κ1) is 12.0. The third kappa shape index (κ3) is 4.34. The van der Waals surface area contributed by atoms with Gasteiger partial charge >= 0.3 is 0 Å². The Labute approximate surface area is 88.7 Å². The van der Waals surface area contributed by atoms with Gasteiger partial charge in [-0.3, -0.25) is 4.98 Å². The maximum atomic E-state index is 13.6. The number of pyridine rings is 1. The van der Waals surface area contributed by atoms with Crippen molar-refractivity contribution < 1.29 is 8.78 Å². The normalized spacial score (nSPS) is 13.9. The van der Waals surface area contributed by atoms with Gasteiger partial charge in [-0.05, 0) is 26.8 Å². The van der Waals surface area contributed by atoms with Gasteiger partial charge in [-0.25, -0.2) is 8.78 Å². The van der Waals surface area contributed by atoms with E-state index >= 15 is 0 Å². The van der Waals surface area contributed by atoms with Crippen LogP contribution in [0.3, 0.4) is 0 Å². The molecule has 84 valence electrons. The summed E-state index contributed by atoms with van der Waals surface area (Å²) in [7, 11) is 0. The van der Waals surface area contributed by atoms with Crippen molar-refractivity contribution in [1.29, 1.82) is 0 Å². The molecule has 0 radical (unpaired) electrons. The quantitative estimate of drug-likeness (QED) is 0.836. The van der Waals surface area contributed by atoms with E-state index in [1.54, 1.807) is 0 Å². The first-order chi connectivity index (χ1) is 6.88. The molecule has 1 atom stereocenters. The molecule has 0 amide bonds. The summed E-state index contributed by atoms with van der Waals surface area (Å²) in [4.78, 5) is 3.61. The van der Waals surface area contributed by atoms with Crippen LogP contribution < -0.4 is 5.32 Å². The van der Waals surface area contributed by atoms with Crippen molar-refractivity contribution >= 4 is 0 Å². The minimum Gasteiger partial charge on any atom is -0.309 e. The highest BCUT2D eigenvalue weighted by Gasteiger charge is 2.15. The van der Waals surface area contributed by atoms with Gasteiger partial charge in [0.05, 0.1) is 6.20 Å². The summed E-state index contributed by atoms with van der Waals surface area (Å²) in [6.07, 6.45) is 1.18. The van der Waals surface area contributed by atoms with Crippen LogP contribution in [0.1, 0.15) is 32.5 Å². The average molecular weight is 214 g/mol. The summed E-state index contributed by atoms with van der Waals surface area (Å²) in [5, 5.41) is 3.01. The van der Waals surface area contributed by atoms with Crippen molar-refractivity contribution in [3.8, 4) is 0 Å². The lowest BCUT2D eigenvalue weighted by Crippen LogP contribution is -2.37. The van der Waals surface area contributed by atoms with E-state index in [1.807, 2.05) is 20.8 Å². The molecule has 1 rings (SSSR count). The van der Waals surface area contributed by atoms with E-state index in [9.17, 15) is 8.78 Å². The number of halogens is 2. The Balaban J connectivity index is 2.58. The van der Waals surface area contributed by atoms with Gasteiger partial charge in [0.2, 0.25) is 0 Å². The summed E-state index contributed by atoms with van der Waals surface area (Å²) in [5.74, 6) is -0.508. The molecule has 0 saturated carbocycles. The van der Waals surface area contributed by atoms with Crippen LogP contribution in [0, 0.1) is 5.82 Å². The predicted octanol–water partition coefficient (Wildman–Crippen LogP) is 2.62. The maximum Gasteiger partial charge on any atom is 0.141 e. The van der Waals surface area contributed by atoms with Gasteiger partial charge in [-0.2, -0.15) is 0 Å². The highest BCUT2D eigenvalue weighted by atomic mass is 19.1. The molecule has 1 N–H and O–H groups in total. The van der Waals surface area contributed by atoms with Crippen molar-refractivity contribution in [2.45, 2.75) is 32.5 Å². The van der Waals surface area contributed by atoms with Crippen LogP contribution in [0.4, 0.5) is 8.78 Å². The minimum absolute atomic E-state index is 0.148. The summed E-state index contributed by atoms with van der Waals surface area (Å²) < 4.78 is 26.3. The molecular formula is C11H16F2N2. The topological polar surface area (TPSA) is 24.9 Å². The molecule has 0 aliphatic heterocycles. The lowest BCUT2D eigenvalue weighted by molar-refractivity contribution is 0.290. The lowest BCUT2D eigenvalue weighted by Gasteiger charge is -2.22. The second-order valence-electron chi connectivity index (χ2n) is 4.53. The summed E-state index contributed by atoms with van der Waals surface area (Å²) in [5.41, 5.74) is 0.122. The largest absolute Gasteiger partial charge is 0.309 e. The van der Waals surface area contributed by atoms with Crippen molar-refractivity contribution in [3.05, 3.63) is 29.8 Å². The zero-order chi connectivity index (χ0) is 11.5. The number of nitrogens with zero attached hydrogens (tertiary/aromatic N) is 1. The van der Waals surface area contributed by atoms with Crippen molar-refractivity contribution in [3.63, 3.8) is 0 Å². The Morgan fingerprint density at radius 2 is 2.07 bits per heavy atom. The van der Waals surface area contributed by atoms with Crippen LogP contribution in [-0.2, 0) is 0 Å². The second-order valence-corrected chi connectivity index (χ2v) is 4.53. The van der Waals surface area contributed by atoms with E-state index in [1.165, 1.54) is 12.3 Å². The smallest absolute Gasteiger partial charge is 0.141 e. The van der Waals surface area contributed by atoms with E-state index in [4.69, 9.17) is 0 Å². The molecule has 0 aliphatic carbocycles. The minimum atomic E-state index is -1.23. The van der Waals surface area contributed by atoms with E-state index in [0.717, 1.165) is 6.20 Å². The Morgan fingerprint density at radius 3 is 2.60 bits per heavy atom. The van der Waals surface area contributed by atoms with Crippen molar-refractivity contribution in [2.75, 3.05) is 6.54 Å². The SMILES string of the molecule is CC(C)(C)NCC(F)c1cncc(F)c1. The van der Waals surface area contributed by atoms with E-state index in [-0.39, 0.29) is 17.6 Å². The molecule has 1 aromatic heterocycles. The standard InChI is InChI=1S/C11H16F2N2/c1-11(2,3)15-7-10(13)8-4-9(12)6-14-5-8/h4-6,10,15H,7H2,1-3H3. The third-order valence-electron chi connectivity index (χ3n) is 1.90. The van der Waals surface area contributed by atoms with Gasteiger partial charge in [0.1, 0.15) is 12.0 Å². The average Bonchev–Trinajstić information content (AvgIpc) is 2.13. The van der Waals surface area contributed by atoms with Gasteiger partial charge in [-0.15, -0.1) is 0 Å². The number of hydrogen-bond acceptors (Lipinski definition) is 2. The molecule has 0 bridgehead atoms. The molecule has 2 nitrogen and oxygen atoms in total. The summed E-state index contributed by atoms with van der Waals surface area (Å²) in [6.45, 7) is 6.01. The predicted molar refractivity (Wildman–Crippen MR) is 55.8 cm³/mol. The molecule has 15 heavy (non-hydrogen) atoms. The number of rotatable bonds is 3. The molecule has 0 fully saturated rings. The van der Waals surface area contributed by atoms with Crippen molar-refractivity contribution in [1.82, 2.24) is 10.3 Å². The van der Waals surface area contributed by atoms with Gasteiger partial charge < -0.3 is 5.32 Å². The van der Waals surface area contributed by atoms with Gasteiger partial charge in [0.15, 0.2) is 0 Å². The summed E-state index contributed by atoms with van der Waals surface area (Å²) in [6, 6.07) is 1.17. The number of nitrogens with one attached hydrogen (secondary N) is 1. The molecule has 4 heteroatoms. The zero-order valence-electron chi connectivity index (χ0n) is 9.22. The Bertz CT molecular complexity index is 321. The van der Waals surface area contributed by atoms with Gasteiger partial charge in [0.25, 0.3) is 0 Å². The number of aromatic nitrogens is 1. The molecule has 0 aromatic carbocycles. The van der Waals surface area contributed by atoms with E-state index in [0.29, 0.717) is 0 Å². The Kier molecular flexibility index (Phi) is 3.74. The van der Waals surface area contributed by atoms with Crippen LogP contribution in [0.5, 0.6) is 0 Å². The van der Waals surface area contributed by atoms with Crippen molar-refractivity contribution in [2.24, 2.45) is 0 Å². The van der Waals surface area contributed by atoms with Crippen LogP contribution in [0.25, 0.3) is 0 Å². The first-order valence-electron chi connectivity index (χ1n) is 4.88. The second kappa shape index (κ2) is 4.66. The highest BCUT2D eigenvalue weighted by Crippen LogP contribution is 2.17. The van der Waals surface area contributed by atoms with Crippen LogP contribution >= 0.6 is 0 Å². The lowest BCUT2D eigenvalue weighted by atomic mass is 10.1. The van der Waals surface area contributed by atoms with Gasteiger partial charge in [-0.1, -0.05) is 0 Å². The molecule has 1 aromatic rings. The number of alkyl halides is 1. The zero-order valence-corrected chi connectivity index (χ0v) is 9.22. The van der Waals surface area contributed by atoms with E-state index in [2.05, 4.69) is 10.3 Å². The molecule has 1 unspecified atom stereocenters. The van der Waals surface area contributed by atoms with Crippen LogP contribution in [-0.4, -0.2) is 17.1 Å². The van der Waals surface area contributed by atoms with Crippen LogP contribution in [0.2, 0.25) is 0 Å². The third-order valence-corrected chi connectivity index (χ3v) is 1.90. The Morgan fingerprint density at radius 1 is 1.40 bits per heavy atom. The monoisotopic (exact) mass is 214 g/mol. The van der Waals surface area contributed by atoms with Gasteiger partial charge in [0, 0.05) is 23.8 Å². The molecule has 1 heterocycles. The fourth-order valence-electron chi connectivity index (χ4n) is 1.11. The Hall–Kier alpha value is -1.03. The van der Waals surface area contributed by atoms with Crippen LogP contribution in [0.15, 0.2) is 18.5 Å². The fraction of sp³-hybridized carbons (Fsp3) is 0.545. The number of hydrogen-bond donors (Lipinski definition) is 1. The van der Waals surface area contributed by atoms with E-state index < -0.39 is 12.0 Å². The molecular weight excluding hydrogens is 198 g/mol. The maximum absolute atomic E-state index is 13.6. The molecule has 0 spiro atoms. The fourth-order valence-corrected chi connectivity index (χ4v) is 1.11.